The van der Waals surface area contributed by atoms with Gasteiger partial charge >= 0.3 is 0 Å². The van der Waals surface area contributed by atoms with Gasteiger partial charge in [-0.25, -0.2) is 14.6 Å². The SMILES string of the molecule is O=C(C1CN(c2cc(-n3cccn3)ncn2)C1)N1CCc2ccccc21. The highest BCUT2D eigenvalue weighted by Crippen LogP contribution is 2.31. The lowest BCUT2D eigenvalue weighted by molar-refractivity contribution is -0.123. The van der Waals surface area contributed by atoms with E-state index < -0.39 is 0 Å². The molecule has 0 spiro atoms. The molecule has 0 bridgehead atoms. The number of aromatic nitrogens is 4. The van der Waals surface area contributed by atoms with Crippen molar-refractivity contribution in [1.82, 2.24) is 19.7 Å². The van der Waals surface area contributed by atoms with E-state index in [9.17, 15) is 4.79 Å². The summed E-state index contributed by atoms with van der Waals surface area (Å²) < 4.78 is 1.70. The molecule has 5 rings (SSSR count). The van der Waals surface area contributed by atoms with E-state index in [0.29, 0.717) is 13.1 Å². The summed E-state index contributed by atoms with van der Waals surface area (Å²) in [4.78, 5) is 25.5. The molecule has 7 heteroatoms. The highest BCUT2D eigenvalue weighted by molar-refractivity contribution is 5.98. The largest absolute Gasteiger partial charge is 0.355 e. The molecule has 0 atom stereocenters. The van der Waals surface area contributed by atoms with Crippen molar-refractivity contribution in [1.29, 1.82) is 0 Å². The topological polar surface area (TPSA) is 67.2 Å². The van der Waals surface area contributed by atoms with Crippen molar-refractivity contribution < 1.29 is 4.79 Å². The number of carbonyl (C=O) groups is 1. The minimum Gasteiger partial charge on any atom is -0.355 e. The summed E-state index contributed by atoms with van der Waals surface area (Å²) in [5, 5.41) is 4.19. The third-order valence-electron chi connectivity index (χ3n) is 5.09. The molecule has 2 aromatic heterocycles. The Morgan fingerprint density at radius 1 is 1.08 bits per heavy atom. The second-order valence-electron chi connectivity index (χ2n) is 6.66. The third kappa shape index (κ3) is 2.44. The maximum Gasteiger partial charge on any atom is 0.233 e. The first-order valence-electron chi connectivity index (χ1n) is 8.76. The van der Waals surface area contributed by atoms with Gasteiger partial charge in [0.05, 0.1) is 5.92 Å². The Balaban J connectivity index is 1.28. The molecule has 0 N–H and O–H groups in total. The van der Waals surface area contributed by atoms with Gasteiger partial charge in [0.1, 0.15) is 12.1 Å². The van der Waals surface area contributed by atoms with Crippen molar-refractivity contribution in [3.8, 4) is 5.82 Å². The zero-order valence-electron chi connectivity index (χ0n) is 14.2. The van der Waals surface area contributed by atoms with Gasteiger partial charge < -0.3 is 9.80 Å². The number of nitrogens with zero attached hydrogens (tertiary/aromatic N) is 6. The summed E-state index contributed by atoms with van der Waals surface area (Å²) in [6.07, 6.45) is 6.04. The summed E-state index contributed by atoms with van der Waals surface area (Å²) in [5.41, 5.74) is 2.33. The van der Waals surface area contributed by atoms with Crippen LogP contribution in [0.4, 0.5) is 11.5 Å². The van der Waals surface area contributed by atoms with E-state index in [1.807, 2.05) is 41.4 Å². The summed E-state index contributed by atoms with van der Waals surface area (Å²) in [5.74, 6) is 1.79. The minimum absolute atomic E-state index is 0.0178. The molecule has 3 aromatic rings. The molecule has 0 saturated carbocycles. The van der Waals surface area contributed by atoms with Crippen LogP contribution in [-0.2, 0) is 11.2 Å². The molecule has 4 heterocycles. The van der Waals surface area contributed by atoms with Gasteiger partial charge in [-0.2, -0.15) is 5.10 Å². The molecular formula is C19H18N6O. The van der Waals surface area contributed by atoms with Gasteiger partial charge in [-0.3, -0.25) is 4.79 Å². The third-order valence-corrected chi connectivity index (χ3v) is 5.09. The Labute approximate surface area is 150 Å². The Hall–Kier alpha value is -3.22. The Morgan fingerprint density at radius 2 is 1.92 bits per heavy atom. The van der Waals surface area contributed by atoms with Crippen molar-refractivity contribution in [3.05, 3.63) is 60.7 Å². The number of anilines is 2. The second-order valence-corrected chi connectivity index (χ2v) is 6.66. The first-order valence-corrected chi connectivity index (χ1v) is 8.76. The van der Waals surface area contributed by atoms with Crippen molar-refractivity contribution in [2.45, 2.75) is 6.42 Å². The van der Waals surface area contributed by atoms with Crippen molar-refractivity contribution in [2.24, 2.45) is 5.92 Å². The Morgan fingerprint density at radius 3 is 2.77 bits per heavy atom. The van der Waals surface area contributed by atoms with Crippen LogP contribution in [-0.4, -0.2) is 45.3 Å². The monoisotopic (exact) mass is 346 g/mol. The van der Waals surface area contributed by atoms with Crippen LogP contribution in [0.15, 0.2) is 55.1 Å². The van der Waals surface area contributed by atoms with Gasteiger partial charge in [0.15, 0.2) is 5.82 Å². The molecule has 1 saturated heterocycles. The van der Waals surface area contributed by atoms with Crippen LogP contribution >= 0.6 is 0 Å². The molecule has 1 aromatic carbocycles. The number of hydrogen-bond donors (Lipinski definition) is 0. The fraction of sp³-hybridized carbons (Fsp3) is 0.263. The molecule has 0 unspecified atom stereocenters. The van der Waals surface area contributed by atoms with E-state index >= 15 is 0 Å². The molecular weight excluding hydrogens is 328 g/mol. The maximum absolute atomic E-state index is 12.9. The number of benzene rings is 1. The highest BCUT2D eigenvalue weighted by Gasteiger charge is 2.38. The lowest BCUT2D eigenvalue weighted by Gasteiger charge is -2.40. The van der Waals surface area contributed by atoms with Crippen LogP contribution in [0.1, 0.15) is 5.56 Å². The fourth-order valence-electron chi connectivity index (χ4n) is 3.65. The van der Waals surface area contributed by atoms with Crippen LogP contribution in [0.2, 0.25) is 0 Å². The Kier molecular flexibility index (Phi) is 3.44. The van der Waals surface area contributed by atoms with Crippen LogP contribution in [0.3, 0.4) is 0 Å². The van der Waals surface area contributed by atoms with Crippen molar-refractivity contribution >= 4 is 17.4 Å². The summed E-state index contributed by atoms with van der Waals surface area (Å²) in [6, 6.07) is 11.9. The average Bonchev–Trinajstić information content (AvgIpc) is 3.30. The maximum atomic E-state index is 12.9. The molecule has 1 fully saturated rings. The molecule has 26 heavy (non-hydrogen) atoms. The van der Waals surface area contributed by atoms with Gasteiger partial charge in [-0.1, -0.05) is 18.2 Å². The van der Waals surface area contributed by atoms with Crippen LogP contribution < -0.4 is 9.80 Å². The molecule has 7 nitrogen and oxygen atoms in total. The zero-order valence-corrected chi connectivity index (χ0v) is 14.2. The average molecular weight is 346 g/mol. The van der Waals surface area contributed by atoms with E-state index in [2.05, 4.69) is 26.0 Å². The lowest BCUT2D eigenvalue weighted by atomic mass is 9.98. The van der Waals surface area contributed by atoms with E-state index in [1.165, 1.54) is 11.9 Å². The number of fused-ring (bicyclic) bond motifs is 1. The van der Waals surface area contributed by atoms with Crippen LogP contribution in [0.25, 0.3) is 5.82 Å². The first kappa shape index (κ1) is 15.1. The van der Waals surface area contributed by atoms with E-state index in [-0.39, 0.29) is 11.8 Å². The predicted octanol–water partition coefficient (Wildman–Crippen LogP) is 1.69. The van der Waals surface area contributed by atoms with Gasteiger partial charge in [-0.15, -0.1) is 0 Å². The normalized spacial score (nSPS) is 16.5. The molecule has 1 amide bonds. The second kappa shape index (κ2) is 5.94. The minimum atomic E-state index is 0.0178. The smallest absolute Gasteiger partial charge is 0.233 e. The number of carbonyl (C=O) groups excluding carboxylic acids is 1. The van der Waals surface area contributed by atoms with Gasteiger partial charge in [0.25, 0.3) is 0 Å². The number of rotatable bonds is 3. The van der Waals surface area contributed by atoms with Crippen LogP contribution in [0, 0.1) is 5.92 Å². The first-order chi connectivity index (χ1) is 12.8. The quantitative estimate of drug-likeness (QED) is 0.722. The van der Waals surface area contributed by atoms with E-state index in [0.717, 1.165) is 30.3 Å². The predicted molar refractivity (Wildman–Crippen MR) is 97.4 cm³/mol. The molecule has 2 aliphatic rings. The van der Waals surface area contributed by atoms with Crippen molar-refractivity contribution in [2.75, 3.05) is 29.4 Å². The number of hydrogen-bond acceptors (Lipinski definition) is 5. The summed E-state index contributed by atoms with van der Waals surface area (Å²) in [6.45, 7) is 2.16. The molecule has 2 aliphatic heterocycles. The molecule has 0 aliphatic carbocycles. The number of para-hydroxylation sites is 1. The lowest BCUT2D eigenvalue weighted by Crippen LogP contribution is -2.55. The summed E-state index contributed by atoms with van der Waals surface area (Å²) >= 11 is 0. The van der Waals surface area contributed by atoms with Crippen molar-refractivity contribution in [3.63, 3.8) is 0 Å². The Bertz CT molecular complexity index is 948. The highest BCUT2D eigenvalue weighted by atomic mass is 16.2. The zero-order chi connectivity index (χ0) is 17.5. The standard InChI is InChI=1S/C19H18N6O/c26-19(24-9-6-14-4-1-2-5-16(14)24)15-11-23(12-15)17-10-18(21-13-20-17)25-8-3-7-22-25/h1-5,7-8,10,13,15H,6,9,11-12H2. The van der Waals surface area contributed by atoms with Crippen LogP contribution in [0.5, 0.6) is 0 Å². The van der Waals surface area contributed by atoms with Gasteiger partial charge in [0.2, 0.25) is 5.91 Å². The van der Waals surface area contributed by atoms with E-state index in [4.69, 9.17) is 0 Å². The van der Waals surface area contributed by atoms with E-state index in [1.54, 1.807) is 10.9 Å². The molecule has 130 valence electrons. The summed E-state index contributed by atoms with van der Waals surface area (Å²) in [7, 11) is 0. The van der Waals surface area contributed by atoms with Gasteiger partial charge in [0, 0.05) is 43.8 Å². The number of amides is 1. The fourth-order valence-corrected chi connectivity index (χ4v) is 3.65. The van der Waals surface area contributed by atoms with Gasteiger partial charge in [-0.05, 0) is 24.1 Å². The molecule has 0 radical (unpaired) electrons.